The number of rotatable bonds is 5. The molecule has 0 aliphatic carbocycles. The van der Waals surface area contributed by atoms with Gasteiger partial charge in [-0.2, -0.15) is 13.2 Å². The number of nitrogens with zero attached hydrogens (tertiary/aromatic N) is 6. The van der Waals surface area contributed by atoms with E-state index in [1.165, 1.54) is 0 Å². The minimum absolute atomic E-state index is 0.0762. The number of carbonyl (C=O) groups excluding carboxylic acids is 2. The average molecular weight is 514 g/mol. The first-order valence-corrected chi connectivity index (χ1v) is 11.6. The van der Waals surface area contributed by atoms with E-state index >= 15 is 0 Å². The number of aromatic nitrogens is 4. The number of likely N-dealkylation sites (N-methyl/N-ethyl adjacent to an activating group) is 1. The van der Waals surface area contributed by atoms with Crippen molar-refractivity contribution < 1.29 is 32.7 Å². The molecule has 0 radical (unpaired) electrons. The maximum atomic E-state index is 12.4. The maximum absolute atomic E-state index is 12.4. The summed E-state index contributed by atoms with van der Waals surface area (Å²) in [5.74, 6) is -2.04. The number of alkyl halides is 3. The van der Waals surface area contributed by atoms with Gasteiger partial charge in [0.05, 0.1) is 11.7 Å². The number of nitrogens with one attached hydrogen (secondary N) is 1. The standard InChI is InChI=1S/C20H29N7O2.C2HF3O2/c1-15-19(28)24(2)10-11-26(15)13-17-14-27(23-22-17)12-16-5-8-25(9-6-16)20(29)18-4-3-7-21-18;3-2(4,5)1(6)7/h3-4,7,14-16,21H,5-6,8-13H2,1-2H3;(H,6,7). The number of hydrogen-bond acceptors (Lipinski definition) is 6. The highest BCUT2D eigenvalue weighted by Crippen LogP contribution is 2.21. The fourth-order valence-corrected chi connectivity index (χ4v) is 4.20. The third-order valence-corrected chi connectivity index (χ3v) is 6.37. The summed E-state index contributed by atoms with van der Waals surface area (Å²) in [5, 5.41) is 15.7. The predicted molar refractivity (Wildman–Crippen MR) is 121 cm³/mol. The lowest BCUT2D eigenvalue weighted by molar-refractivity contribution is -0.192. The monoisotopic (exact) mass is 513 g/mol. The van der Waals surface area contributed by atoms with E-state index in [0.717, 1.165) is 51.3 Å². The van der Waals surface area contributed by atoms with Gasteiger partial charge in [0.25, 0.3) is 5.91 Å². The van der Waals surface area contributed by atoms with Crippen LogP contribution in [-0.4, -0.2) is 103 Å². The molecule has 198 valence electrons. The Labute approximate surface area is 205 Å². The normalized spacial score (nSPS) is 19.7. The average Bonchev–Trinajstić information content (AvgIpc) is 3.52. The van der Waals surface area contributed by atoms with Gasteiger partial charge >= 0.3 is 12.1 Å². The highest BCUT2D eigenvalue weighted by molar-refractivity contribution is 5.92. The summed E-state index contributed by atoms with van der Waals surface area (Å²) in [6.07, 6.45) is 0.615. The molecule has 36 heavy (non-hydrogen) atoms. The Hall–Kier alpha value is -3.42. The van der Waals surface area contributed by atoms with Crippen molar-refractivity contribution in [1.82, 2.24) is 34.7 Å². The van der Waals surface area contributed by atoms with Crippen molar-refractivity contribution in [1.29, 1.82) is 0 Å². The minimum atomic E-state index is -5.08. The third kappa shape index (κ3) is 7.06. The maximum Gasteiger partial charge on any atom is 0.490 e. The first-order valence-electron chi connectivity index (χ1n) is 11.6. The van der Waals surface area contributed by atoms with Crippen LogP contribution in [0, 0.1) is 5.92 Å². The van der Waals surface area contributed by atoms with E-state index < -0.39 is 12.1 Å². The van der Waals surface area contributed by atoms with Crippen LogP contribution in [0.2, 0.25) is 0 Å². The molecule has 2 N–H and O–H groups in total. The van der Waals surface area contributed by atoms with Crippen molar-refractivity contribution in [2.24, 2.45) is 5.92 Å². The van der Waals surface area contributed by atoms with Gasteiger partial charge in [-0.05, 0) is 37.8 Å². The molecule has 0 aromatic carbocycles. The number of carboxylic acids is 1. The zero-order valence-electron chi connectivity index (χ0n) is 20.1. The molecular formula is C22H30F3N7O4. The van der Waals surface area contributed by atoms with Gasteiger partial charge in [-0.3, -0.25) is 19.2 Å². The molecule has 2 fully saturated rings. The summed E-state index contributed by atoms with van der Waals surface area (Å²) >= 11 is 0. The molecule has 11 nitrogen and oxygen atoms in total. The topological polar surface area (TPSA) is 128 Å². The van der Waals surface area contributed by atoms with E-state index in [1.54, 1.807) is 11.1 Å². The van der Waals surface area contributed by atoms with Gasteiger partial charge in [-0.25, -0.2) is 4.79 Å². The van der Waals surface area contributed by atoms with Crippen molar-refractivity contribution in [3.8, 4) is 0 Å². The van der Waals surface area contributed by atoms with Gasteiger partial charge in [-0.1, -0.05) is 5.21 Å². The van der Waals surface area contributed by atoms with Gasteiger partial charge in [0.15, 0.2) is 0 Å². The first kappa shape index (κ1) is 27.2. The highest BCUT2D eigenvalue weighted by atomic mass is 19.4. The van der Waals surface area contributed by atoms with E-state index in [0.29, 0.717) is 18.2 Å². The zero-order valence-corrected chi connectivity index (χ0v) is 20.1. The van der Waals surface area contributed by atoms with Crippen LogP contribution in [0.5, 0.6) is 0 Å². The highest BCUT2D eigenvalue weighted by Gasteiger charge is 2.38. The molecule has 2 saturated heterocycles. The van der Waals surface area contributed by atoms with Crippen LogP contribution in [0.4, 0.5) is 13.2 Å². The van der Waals surface area contributed by atoms with Crippen molar-refractivity contribution in [3.05, 3.63) is 35.9 Å². The number of aliphatic carboxylic acids is 1. The van der Waals surface area contributed by atoms with Gasteiger partial charge in [0, 0.05) is 58.7 Å². The Balaban J connectivity index is 0.000000454. The van der Waals surface area contributed by atoms with Crippen LogP contribution in [0.1, 0.15) is 35.9 Å². The van der Waals surface area contributed by atoms with E-state index in [2.05, 4.69) is 20.2 Å². The summed E-state index contributed by atoms with van der Waals surface area (Å²) in [7, 11) is 1.85. The largest absolute Gasteiger partial charge is 0.490 e. The van der Waals surface area contributed by atoms with Crippen LogP contribution in [0.25, 0.3) is 0 Å². The van der Waals surface area contributed by atoms with Crippen LogP contribution in [0.3, 0.4) is 0 Å². The molecule has 1 atom stereocenters. The number of amides is 2. The van der Waals surface area contributed by atoms with Crippen molar-refractivity contribution in [2.75, 3.05) is 33.2 Å². The van der Waals surface area contributed by atoms with Gasteiger partial charge < -0.3 is 19.9 Å². The Bertz CT molecular complexity index is 1030. The summed E-state index contributed by atoms with van der Waals surface area (Å²) in [6, 6.07) is 3.54. The summed E-state index contributed by atoms with van der Waals surface area (Å²) in [5.41, 5.74) is 1.55. The molecule has 0 saturated carbocycles. The number of halogens is 3. The Morgan fingerprint density at radius 3 is 2.44 bits per heavy atom. The van der Waals surface area contributed by atoms with E-state index in [-0.39, 0.29) is 17.9 Å². The van der Waals surface area contributed by atoms with Gasteiger partial charge in [-0.15, -0.1) is 5.10 Å². The number of hydrogen-bond donors (Lipinski definition) is 2. The lowest BCUT2D eigenvalue weighted by Crippen LogP contribution is -2.53. The third-order valence-electron chi connectivity index (χ3n) is 6.37. The molecular weight excluding hydrogens is 483 g/mol. The molecule has 2 aliphatic heterocycles. The molecule has 0 spiro atoms. The Morgan fingerprint density at radius 1 is 1.19 bits per heavy atom. The Morgan fingerprint density at radius 2 is 1.86 bits per heavy atom. The number of aromatic amines is 1. The van der Waals surface area contributed by atoms with E-state index in [1.807, 2.05) is 41.9 Å². The summed E-state index contributed by atoms with van der Waals surface area (Å²) in [4.78, 5) is 42.3. The van der Waals surface area contributed by atoms with Crippen LogP contribution < -0.4 is 0 Å². The molecule has 4 heterocycles. The number of piperazine rings is 1. The molecule has 14 heteroatoms. The smallest absolute Gasteiger partial charge is 0.475 e. The molecule has 2 amide bonds. The van der Waals surface area contributed by atoms with Gasteiger partial charge in [0.2, 0.25) is 5.91 Å². The summed E-state index contributed by atoms with van der Waals surface area (Å²) < 4.78 is 33.6. The number of likely N-dealkylation sites (tertiary alicyclic amines) is 1. The predicted octanol–water partition coefficient (Wildman–Crippen LogP) is 1.45. The first-order chi connectivity index (χ1) is 17.0. The number of carboxylic acid groups (broad SMARTS) is 1. The van der Waals surface area contributed by atoms with Crippen LogP contribution in [0.15, 0.2) is 24.5 Å². The quantitative estimate of drug-likeness (QED) is 0.620. The van der Waals surface area contributed by atoms with Crippen LogP contribution >= 0.6 is 0 Å². The second-order valence-corrected chi connectivity index (χ2v) is 8.96. The number of piperidine rings is 1. The lowest BCUT2D eigenvalue weighted by atomic mass is 9.96. The SMILES string of the molecule is CC1C(=O)N(C)CCN1Cc1cn(CC2CCN(C(=O)c3ccc[nH]3)CC2)nn1.O=C(O)C(F)(F)F. The summed E-state index contributed by atoms with van der Waals surface area (Å²) in [6.45, 7) is 6.54. The molecule has 4 rings (SSSR count). The second-order valence-electron chi connectivity index (χ2n) is 8.96. The van der Waals surface area contributed by atoms with Gasteiger partial charge in [0.1, 0.15) is 5.69 Å². The molecule has 2 aromatic heterocycles. The second kappa shape index (κ2) is 11.5. The van der Waals surface area contributed by atoms with E-state index in [4.69, 9.17) is 9.90 Å². The minimum Gasteiger partial charge on any atom is -0.475 e. The number of H-pyrrole nitrogens is 1. The zero-order chi connectivity index (χ0) is 26.5. The molecule has 2 aliphatic rings. The van der Waals surface area contributed by atoms with Crippen molar-refractivity contribution in [2.45, 2.75) is 45.1 Å². The molecule has 1 unspecified atom stereocenters. The molecule has 0 bridgehead atoms. The Kier molecular flexibility index (Phi) is 8.71. The van der Waals surface area contributed by atoms with Crippen molar-refractivity contribution in [3.63, 3.8) is 0 Å². The molecule has 2 aromatic rings. The fourth-order valence-electron chi connectivity index (χ4n) is 4.20. The lowest BCUT2D eigenvalue weighted by Gasteiger charge is -2.36. The van der Waals surface area contributed by atoms with Crippen molar-refractivity contribution >= 4 is 17.8 Å². The number of carbonyl (C=O) groups is 3. The fraction of sp³-hybridized carbons (Fsp3) is 0.591. The van der Waals surface area contributed by atoms with Crippen LogP contribution in [-0.2, 0) is 22.7 Å². The van der Waals surface area contributed by atoms with E-state index in [9.17, 15) is 22.8 Å².